The third-order valence-electron chi connectivity index (χ3n) is 2.41. The molecule has 2 rings (SSSR count). The predicted octanol–water partition coefficient (Wildman–Crippen LogP) is 2.20. The Morgan fingerprint density at radius 2 is 2.12 bits per heavy atom. The van der Waals surface area contributed by atoms with Gasteiger partial charge < -0.3 is 10.6 Å². The lowest BCUT2D eigenvalue weighted by molar-refractivity contribution is 0.915. The molecule has 1 heterocycles. The van der Waals surface area contributed by atoms with Crippen molar-refractivity contribution in [2.24, 2.45) is 0 Å². The Kier molecular flexibility index (Phi) is 3.72. The van der Waals surface area contributed by atoms with Gasteiger partial charge in [0.15, 0.2) is 5.11 Å². The van der Waals surface area contributed by atoms with Crippen LogP contribution < -0.4 is 10.6 Å². The van der Waals surface area contributed by atoms with Crippen LogP contribution in [0.25, 0.3) is 0 Å². The van der Waals surface area contributed by atoms with Crippen molar-refractivity contribution >= 4 is 23.0 Å². The molecule has 0 aliphatic carbocycles. The van der Waals surface area contributed by atoms with Gasteiger partial charge in [-0.25, -0.2) is 0 Å². The summed E-state index contributed by atoms with van der Waals surface area (Å²) in [6.45, 7) is 2.65. The number of benzene rings is 1. The number of hydrogen-bond donors (Lipinski definition) is 3. The van der Waals surface area contributed by atoms with E-state index in [9.17, 15) is 0 Å². The standard InChI is InChI=1S/C12H14N4S/c1-9-10(8-14-16-9)7-13-12(17)15-11-5-3-2-4-6-11/h2-6,8H,7H2,1H3,(H,14,16)(H2,13,15,17). The maximum atomic E-state index is 5.20. The van der Waals surface area contributed by atoms with E-state index >= 15 is 0 Å². The van der Waals surface area contributed by atoms with E-state index in [0.717, 1.165) is 16.9 Å². The van der Waals surface area contributed by atoms with E-state index in [1.807, 2.05) is 37.3 Å². The molecule has 0 spiro atoms. The second kappa shape index (κ2) is 5.45. The molecular weight excluding hydrogens is 232 g/mol. The minimum Gasteiger partial charge on any atom is -0.358 e. The summed E-state index contributed by atoms with van der Waals surface area (Å²) < 4.78 is 0. The Balaban J connectivity index is 1.84. The number of aromatic nitrogens is 2. The number of nitrogens with zero attached hydrogens (tertiary/aromatic N) is 1. The minimum absolute atomic E-state index is 0.608. The predicted molar refractivity (Wildman–Crippen MR) is 72.8 cm³/mol. The third-order valence-corrected chi connectivity index (χ3v) is 2.65. The van der Waals surface area contributed by atoms with Gasteiger partial charge in [0.25, 0.3) is 0 Å². The Labute approximate surface area is 105 Å². The second-order valence-corrected chi connectivity index (χ2v) is 4.10. The molecule has 3 N–H and O–H groups in total. The molecule has 0 bridgehead atoms. The van der Waals surface area contributed by atoms with Gasteiger partial charge in [-0.3, -0.25) is 5.10 Å². The maximum absolute atomic E-state index is 5.20. The molecule has 5 heteroatoms. The average molecular weight is 246 g/mol. The number of aryl methyl sites for hydroxylation is 1. The van der Waals surface area contributed by atoms with E-state index in [2.05, 4.69) is 20.8 Å². The van der Waals surface area contributed by atoms with Crippen LogP contribution in [0.15, 0.2) is 36.5 Å². The molecule has 0 radical (unpaired) electrons. The summed E-state index contributed by atoms with van der Waals surface area (Å²) in [7, 11) is 0. The fourth-order valence-corrected chi connectivity index (χ4v) is 1.62. The quantitative estimate of drug-likeness (QED) is 0.727. The first-order chi connectivity index (χ1) is 8.25. The van der Waals surface area contributed by atoms with Gasteiger partial charge in [-0.2, -0.15) is 5.10 Å². The van der Waals surface area contributed by atoms with Crippen molar-refractivity contribution in [2.75, 3.05) is 5.32 Å². The van der Waals surface area contributed by atoms with Crippen molar-refractivity contribution in [3.63, 3.8) is 0 Å². The summed E-state index contributed by atoms with van der Waals surface area (Å²) in [6, 6.07) is 9.83. The molecule has 17 heavy (non-hydrogen) atoms. The molecular formula is C12H14N4S. The highest BCUT2D eigenvalue weighted by Gasteiger charge is 2.01. The van der Waals surface area contributed by atoms with Crippen molar-refractivity contribution in [2.45, 2.75) is 13.5 Å². The number of aromatic amines is 1. The Morgan fingerprint density at radius 1 is 1.35 bits per heavy atom. The summed E-state index contributed by atoms with van der Waals surface area (Å²) in [6.07, 6.45) is 1.80. The molecule has 0 amide bonds. The van der Waals surface area contributed by atoms with Crippen LogP contribution in [0.1, 0.15) is 11.3 Å². The maximum Gasteiger partial charge on any atom is 0.171 e. The summed E-state index contributed by atoms with van der Waals surface area (Å²) >= 11 is 5.20. The van der Waals surface area contributed by atoms with Gasteiger partial charge in [-0.15, -0.1) is 0 Å². The first kappa shape index (κ1) is 11.6. The molecule has 0 atom stereocenters. The lowest BCUT2D eigenvalue weighted by atomic mass is 10.3. The van der Waals surface area contributed by atoms with E-state index < -0.39 is 0 Å². The summed E-state index contributed by atoms with van der Waals surface area (Å²) in [4.78, 5) is 0. The number of nitrogens with one attached hydrogen (secondary N) is 3. The van der Waals surface area contributed by atoms with Crippen LogP contribution in [0.5, 0.6) is 0 Å². The molecule has 0 saturated carbocycles. The minimum atomic E-state index is 0.608. The summed E-state index contributed by atoms with van der Waals surface area (Å²) in [5, 5.41) is 13.7. The van der Waals surface area contributed by atoms with Crippen molar-refractivity contribution in [1.82, 2.24) is 15.5 Å². The molecule has 88 valence electrons. The zero-order valence-corrected chi connectivity index (χ0v) is 10.3. The number of para-hydroxylation sites is 1. The Bertz CT molecular complexity index is 492. The number of rotatable bonds is 3. The Hall–Kier alpha value is -1.88. The lowest BCUT2D eigenvalue weighted by Crippen LogP contribution is -2.27. The van der Waals surface area contributed by atoms with Crippen LogP contribution in [-0.2, 0) is 6.54 Å². The third kappa shape index (κ3) is 3.29. The smallest absolute Gasteiger partial charge is 0.171 e. The molecule has 1 aromatic carbocycles. The highest BCUT2D eigenvalue weighted by atomic mass is 32.1. The topological polar surface area (TPSA) is 52.7 Å². The van der Waals surface area contributed by atoms with Crippen molar-refractivity contribution in [3.05, 3.63) is 47.8 Å². The van der Waals surface area contributed by atoms with E-state index in [-0.39, 0.29) is 0 Å². The van der Waals surface area contributed by atoms with Crippen LogP contribution in [0.4, 0.5) is 5.69 Å². The first-order valence-electron chi connectivity index (χ1n) is 5.34. The molecule has 4 nitrogen and oxygen atoms in total. The SMILES string of the molecule is Cc1[nH]ncc1CNC(=S)Nc1ccccc1. The number of anilines is 1. The van der Waals surface area contributed by atoms with Crippen LogP contribution in [0, 0.1) is 6.92 Å². The highest BCUT2D eigenvalue weighted by Crippen LogP contribution is 2.05. The molecule has 0 fully saturated rings. The number of thiocarbonyl (C=S) groups is 1. The first-order valence-corrected chi connectivity index (χ1v) is 5.75. The zero-order chi connectivity index (χ0) is 12.1. The molecule has 1 aromatic heterocycles. The van der Waals surface area contributed by atoms with E-state index in [0.29, 0.717) is 11.7 Å². The fraction of sp³-hybridized carbons (Fsp3) is 0.167. The summed E-state index contributed by atoms with van der Waals surface area (Å²) in [5.41, 5.74) is 3.15. The zero-order valence-electron chi connectivity index (χ0n) is 9.53. The van der Waals surface area contributed by atoms with Crippen LogP contribution in [0.3, 0.4) is 0 Å². The van der Waals surface area contributed by atoms with E-state index in [4.69, 9.17) is 12.2 Å². The fourth-order valence-electron chi connectivity index (χ4n) is 1.43. The highest BCUT2D eigenvalue weighted by molar-refractivity contribution is 7.80. The van der Waals surface area contributed by atoms with Gasteiger partial charge in [0, 0.05) is 23.5 Å². The van der Waals surface area contributed by atoms with Crippen LogP contribution >= 0.6 is 12.2 Å². The van der Waals surface area contributed by atoms with Gasteiger partial charge in [-0.05, 0) is 31.3 Å². The largest absolute Gasteiger partial charge is 0.358 e. The molecule has 0 unspecified atom stereocenters. The second-order valence-electron chi connectivity index (χ2n) is 3.69. The lowest BCUT2D eigenvalue weighted by Gasteiger charge is -2.09. The normalized spacial score (nSPS) is 9.94. The van der Waals surface area contributed by atoms with E-state index in [1.165, 1.54) is 0 Å². The molecule has 2 aromatic rings. The van der Waals surface area contributed by atoms with Crippen molar-refractivity contribution < 1.29 is 0 Å². The number of hydrogen-bond acceptors (Lipinski definition) is 2. The Morgan fingerprint density at radius 3 is 2.76 bits per heavy atom. The average Bonchev–Trinajstić information content (AvgIpc) is 2.74. The molecule has 0 aliphatic heterocycles. The van der Waals surface area contributed by atoms with Crippen LogP contribution in [-0.4, -0.2) is 15.3 Å². The van der Waals surface area contributed by atoms with Crippen LogP contribution in [0.2, 0.25) is 0 Å². The van der Waals surface area contributed by atoms with Crippen molar-refractivity contribution in [1.29, 1.82) is 0 Å². The monoisotopic (exact) mass is 246 g/mol. The molecule has 0 saturated heterocycles. The van der Waals surface area contributed by atoms with Gasteiger partial charge in [0.1, 0.15) is 0 Å². The number of H-pyrrole nitrogens is 1. The molecule has 0 aliphatic rings. The van der Waals surface area contributed by atoms with E-state index in [1.54, 1.807) is 6.20 Å². The van der Waals surface area contributed by atoms with Gasteiger partial charge in [0.05, 0.1) is 6.20 Å². The van der Waals surface area contributed by atoms with Gasteiger partial charge >= 0.3 is 0 Å². The summed E-state index contributed by atoms with van der Waals surface area (Å²) in [5.74, 6) is 0. The van der Waals surface area contributed by atoms with Gasteiger partial charge in [-0.1, -0.05) is 18.2 Å². The van der Waals surface area contributed by atoms with Gasteiger partial charge in [0.2, 0.25) is 0 Å². The van der Waals surface area contributed by atoms with Crippen molar-refractivity contribution in [3.8, 4) is 0 Å².